The number of carbonyl (C=O) groups excluding carboxylic acids is 1. The molecule has 0 saturated carbocycles. The molecule has 1 aliphatic rings. The lowest BCUT2D eigenvalue weighted by Crippen LogP contribution is -2.50. The first kappa shape index (κ1) is 14.9. The molecule has 0 unspecified atom stereocenters. The van der Waals surface area contributed by atoms with Gasteiger partial charge in [-0.3, -0.25) is 9.69 Å². The number of aromatic nitrogens is 1. The zero-order chi connectivity index (χ0) is 15.5. The Balaban J connectivity index is 1.71. The summed E-state index contributed by atoms with van der Waals surface area (Å²) in [5, 5.41) is 2.95. The molecule has 1 aromatic heterocycles. The van der Waals surface area contributed by atoms with E-state index in [9.17, 15) is 9.18 Å². The first-order chi connectivity index (χ1) is 10.6. The third-order valence-electron chi connectivity index (χ3n) is 3.82. The Hall–Kier alpha value is -1.99. The fourth-order valence-corrected chi connectivity index (χ4v) is 3.44. The van der Waals surface area contributed by atoms with Crippen molar-refractivity contribution in [2.24, 2.45) is 5.73 Å². The van der Waals surface area contributed by atoms with Gasteiger partial charge in [0.05, 0.1) is 0 Å². The number of nitrogens with two attached hydrogens (primary N) is 1. The molecule has 0 aliphatic carbocycles. The minimum Gasteiger partial charge on any atom is -0.368 e. The SMILES string of the molecule is NC(=O)[C@H](c1ccc(F)cc1)N1CCN(c2nccs2)CC1. The molecule has 1 aliphatic heterocycles. The topological polar surface area (TPSA) is 62.5 Å². The average molecular weight is 320 g/mol. The molecule has 1 fully saturated rings. The van der Waals surface area contributed by atoms with Crippen molar-refractivity contribution in [2.75, 3.05) is 31.1 Å². The average Bonchev–Trinajstić information content (AvgIpc) is 3.04. The summed E-state index contributed by atoms with van der Waals surface area (Å²) in [6.45, 7) is 3.01. The van der Waals surface area contributed by atoms with E-state index in [-0.39, 0.29) is 5.82 Å². The summed E-state index contributed by atoms with van der Waals surface area (Å²) in [4.78, 5) is 20.4. The van der Waals surface area contributed by atoms with Gasteiger partial charge in [0.2, 0.25) is 5.91 Å². The number of carbonyl (C=O) groups is 1. The van der Waals surface area contributed by atoms with Crippen molar-refractivity contribution in [3.05, 3.63) is 47.2 Å². The predicted octanol–water partition coefficient (Wildman–Crippen LogP) is 1.63. The van der Waals surface area contributed by atoms with Gasteiger partial charge >= 0.3 is 0 Å². The zero-order valence-electron chi connectivity index (χ0n) is 12.0. The number of primary amides is 1. The Morgan fingerprint density at radius 2 is 1.91 bits per heavy atom. The van der Waals surface area contributed by atoms with Crippen molar-refractivity contribution in [2.45, 2.75) is 6.04 Å². The quantitative estimate of drug-likeness (QED) is 0.930. The maximum Gasteiger partial charge on any atom is 0.239 e. The van der Waals surface area contributed by atoms with E-state index in [1.54, 1.807) is 29.7 Å². The molecule has 0 radical (unpaired) electrons. The van der Waals surface area contributed by atoms with Crippen LogP contribution in [0.1, 0.15) is 11.6 Å². The van der Waals surface area contributed by atoms with Gasteiger partial charge in [0.1, 0.15) is 11.9 Å². The highest BCUT2D eigenvalue weighted by atomic mass is 32.1. The van der Waals surface area contributed by atoms with E-state index >= 15 is 0 Å². The summed E-state index contributed by atoms with van der Waals surface area (Å²) in [6.07, 6.45) is 1.79. The van der Waals surface area contributed by atoms with Gasteiger partial charge in [-0.1, -0.05) is 12.1 Å². The molecule has 7 heteroatoms. The number of rotatable bonds is 4. The van der Waals surface area contributed by atoms with Crippen LogP contribution in [-0.2, 0) is 4.79 Å². The molecule has 1 saturated heterocycles. The highest BCUT2D eigenvalue weighted by Crippen LogP contribution is 2.25. The maximum atomic E-state index is 13.1. The van der Waals surface area contributed by atoms with Crippen molar-refractivity contribution in [1.29, 1.82) is 0 Å². The maximum absolute atomic E-state index is 13.1. The lowest BCUT2D eigenvalue weighted by atomic mass is 10.0. The van der Waals surface area contributed by atoms with E-state index < -0.39 is 11.9 Å². The molecule has 1 amide bonds. The molecule has 1 aromatic carbocycles. The van der Waals surface area contributed by atoms with Crippen LogP contribution < -0.4 is 10.6 Å². The molecule has 116 valence electrons. The fourth-order valence-electron chi connectivity index (χ4n) is 2.74. The van der Waals surface area contributed by atoms with E-state index in [4.69, 9.17) is 5.73 Å². The number of hydrogen-bond acceptors (Lipinski definition) is 5. The van der Waals surface area contributed by atoms with Crippen molar-refractivity contribution in [1.82, 2.24) is 9.88 Å². The van der Waals surface area contributed by atoms with Gasteiger partial charge in [0, 0.05) is 37.8 Å². The third-order valence-corrected chi connectivity index (χ3v) is 4.66. The summed E-state index contributed by atoms with van der Waals surface area (Å²) in [5.74, 6) is -0.727. The van der Waals surface area contributed by atoms with Crippen LogP contribution in [0.2, 0.25) is 0 Å². The van der Waals surface area contributed by atoms with Crippen LogP contribution in [0.5, 0.6) is 0 Å². The van der Waals surface area contributed by atoms with Crippen LogP contribution in [0.25, 0.3) is 0 Å². The molecule has 1 atom stereocenters. The monoisotopic (exact) mass is 320 g/mol. The number of piperazine rings is 1. The Morgan fingerprint density at radius 1 is 1.23 bits per heavy atom. The summed E-state index contributed by atoms with van der Waals surface area (Å²) in [7, 11) is 0. The van der Waals surface area contributed by atoms with Crippen LogP contribution in [0.15, 0.2) is 35.8 Å². The van der Waals surface area contributed by atoms with Crippen molar-refractivity contribution >= 4 is 22.4 Å². The molecule has 22 heavy (non-hydrogen) atoms. The number of anilines is 1. The van der Waals surface area contributed by atoms with Crippen LogP contribution >= 0.6 is 11.3 Å². The fraction of sp³-hybridized carbons (Fsp3) is 0.333. The number of thiazole rings is 1. The van der Waals surface area contributed by atoms with Crippen molar-refractivity contribution in [3.63, 3.8) is 0 Å². The minimum atomic E-state index is -0.515. The van der Waals surface area contributed by atoms with E-state index in [0.29, 0.717) is 13.1 Å². The predicted molar refractivity (Wildman–Crippen MR) is 84.2 cm³/mol. The highest BCUT2D eigenvalue weighted by molar-refractivity contribution is 7.13. The second kappa shape index (κ2) is 6.41. The van der Waals surface area contributed by atoms with Gasteiger partial charge in [-0.05, 0) is 17.7 Å². The van der Waals surface area contributed by atoms with E-state index in [1.807, 2.05) is 10.3 Å². The summed E-state index contributed by atoms with van der Waals surface area (Å²) in [5.41, 5.74) is 6.30. The second-order valence-electron chi connectivity index (χ2n) is 5.19. The number of halogens is 1. The van der Waals surface area contributed by atoms with Crippen LogP contribution in [0.4, 0.5) is 9.52 Å². The Bertz CT molecular complexity index is 624. The van der Waals surface area contributed by atoms with E-state index in [2.05, 4.69) is 9.88 Å². The molecular formula is C15H17FN4OS. The molecule has 2 aromatic rings. The summed E-state index contributed by atoms with van der Waals surface area (Å²) in [6, 6.07) is 5.45. The van der Waals surface area contributed by atoms with Crippen LogP contribution in [0.3, 0.4) is 0 Å². The minimum absolute atomic E-state index is 0.319. The lowest BCUT2D eigenvalue weighted by molar-refractivity contribution is -0.123. The number of benzene rings is 1. The highest BCUT2D eigenvalue weighted by Gasteiger charge is 2.29. The standard InChI is InChI=1S/C15H17FN4OS/c16-12-3-1-11(2-4-12)13(14(17)21)19-6-8-20(9-7-19)15-18-5-10-22-15/h1-5,10,13H,6-9H2,(H2,17,21)/t13-/m0/s1. The van der Waals surface area contributed by atoms with E-state index in [0.717, 1.165) is 23.8 Å². The van der Waals surface area contributed by atoms with Crippen molar-refractivity contribution < 1.29 is 9.18 Å². The van der Waals surface area contributed by atoms with Gasteiger partial charge in [0.25, 0.3) is 0 Å². The van der Waals surface area contributed by atoms with Gasteiger partial charge in [0.15, 0.2) is 5.13 Å². The largest absolute Gasteiger partial charge is 0.368 e. The first-order valence-corrected chi connectivity index (χ1v) is 7.96. The molecule has 0 bridgehead atoms. The normalized spacial score (nSPS) is 17.4. The third kappa shape index (κ3) is 3.10. The second-order valence-corrected chi connectivity index (χ2v) is 6.07. The van der Waals surface area contributed by atoms with Gasteiger partial charge in [-0.25, -0.2) is 9.37 Å². The van der Waals surface area contributed by atoms with Crippen LogP contribution in [0, 0.1) is 5.82 Å². The smallest absolute Gasteiger partial charge is 0.239 e. The number of nitrogens with zero attached hydrogens (tertiary/aromatic N) is 3. The molecular weight excluding hydrogens is 303 g/mol. The van der Waals surface area contributed by atoms with Crippen LogP contribution in [-0.4, -0.2) is 42.0 Å². The molecule has 2 heterocycles. The number of hydrogen-bond donors (Lipinski definition) is 1. The Kier molecular flexibility index (Phi) is 4.35. The Morgan fingerprint density at radius 3 is 2.45 bits per heavy atom. The molecule has 0 spiro atoms. The molecule has 3 rings (SSSR count). The zero-order valence-corrected chi connectivity index (χ0v) is 12.8. The number of amides is 1. The first-order valence-electron chi connectivity index (χ1n) is 7.08. The van der Waals surface area contributed by atoms with Crippen molar-refractivity contribution in [3.8, 4) is 0 Å². The Labute approximate surface area is 132 Å². The van der Waals surface area contributed by atoms with E-state index in [1.165, 1.54) is 12.1 Å². The molecule has 5 nitrogen and oxygen atoms in total. The van der Waals surface area contributed by atoms with Gasteiger partial charge in [-0.2, -0.15) is 0 Å². The van der Waals surface area contributed by atoms with Gasteiger partial charge < -0.3 is 10.6 Å². The summed E-state index contributed by atoms with van der Waals surface area (Å²) >= 11 is 1.61. The molecule has 2 N–H and O–H groups in total. The lowest BCUT2D eigenvalue weighted by Gasteiger charge is -2.38. The van der Waals surface area contributed by atoms with Gasteiger partial charge in [-0.15, -0.1) is 11.3 Å². The summed E-state index contributed by atoms with van der Waals surface area (Å²) < 4.78 is 13.1.